The molecule has 0 saturated heterocycles. The molecule has 15 heavy (non-hydrogen) atoms. The van der Waals surface area contributed by atoms with Gasteiger partial charge in [0.15, 0.2) is 0 Å². The molecule has 1 aliphatic carbocycles. The maximum Gasteiger partial charge on any atom is 0.143 e. The SMILES string of the molecule is CCCC(=O)C1(c2cccc(C)c2)CC1. The van der Waals surface area contributed by atoms with Crippen LogP contribution in [0, 0.1) is 6.92 Å². The minimum Gasteiger partial charge on any atom is -0.299 e. The Kier molecular flexibility index (Phi) is 2.64. The van der Waals surface area contributed by atoms with Crippen LogP contribution in [0.25, 0.3) is 0 Å². The fourth-order valence-corrected chi connectivity index (χ4v) is 2.26. The summed E-state index contributed by atoms with van der Waals surface area (Å²) in [5.74, 6) is 0.440. The third-order valence-corrected chi connectivity index (χ3v) is 3.33. The molecule has 1 heteroatoms. The molecule has 0 spiro atoms. The summed E-state index contributed by atoms with van der Waals surface area (Å²) in [4.78, 5) is 12.0. The Bertz CT molecular complexity index is 375. The summed E-state index contributed by atoms with van der Waals surface area (Å²) in [6.45, 7) is 4.16. The lowest BCUT2D eigenvalue weighted by molar-refractivity contribution is -0.121. The summed E-state index contributed by atoms with van der Waals surface area (Å²) in [5, 5.41) is 0. The number of carbonyl (C=O) groups is 1. The van der Waals surface area contributed by atoms with Crippen LogP contribution in [0.3, 0.4) is 0 Å². The van der Waals surface area contributed by atoms with Gasteiger partial charge in [-0.3, -0.25) is 4.79 Å². The first-order valence-electron chi connectivity index (χ1n) is 5.79. The highest BCUT2D eigenvalue weighted by atomic mass is 16.1. The van der Waals surface area contributed by atoms with Crippen LogP contribution >= 0.6 is 0 Å². The highest BCUT2D eigenvalue weighted by molar-refractivity contribution is 5.93. The van der Waals surface area contributed by atoms with E-state index in [0.717, 1.165) is 25.7 Å². The zero-order valence-electron chi connectivity index (χ0n) is 9.55. The molecule has 0 aromatic heterocycles. The lowest BCUT2D eigenvalue weighted by Crippen LogP contribution is -2.20. The number of hydrogen-bond donors (Lipinski definition) is 0. The van der Waals surface area contributed by atoms with Crippen molar-refractivity contribution < 1.29 is 4.79 Å². The van der Waals surface area contributed by atoms with Gasteiger partial charge in [0, 0.05) is 6.42 Å². The molecular weight excluding hydrogens is 184 g/mol. The third-order valence-electron chi connectivity index (χ3n) is 3.33. The van der Waals surface area contributed by atoms with Gasteiger partial charge in [0.05, 0.1) is 5.41 Å². The molecule has 0 amide bonds. The molecule has 80 valence electrons. The van der Waals surface area contributed by atoms with Gasteiger partial charge in [-0.25, -0.2) is 0 Å². The molecule has 2 rings (SSSR count). The van der Waals surface area contributed by atoms with Crippen molar-refractivity contribution in [1.29, 1.82) is 0 Å². The van der Waals surface area contributed by atoms with Crippen LogP contribution in [0.4, 0.5) is 0 Å². The lowest BCUT2D eigenvalue weighted by Gasteiger charge is -2.14. The van der Waals surface area contributed by atoms with E-state index in [2.05, 4.69) is 38.1 Å². The van der Waals surface area contributed by atoms with Crippen molar-refractivity contribution in [2.24, 2.45) is 0 Å². The van der Waals surface area contributed by atoms with Gasteiger partial charge in [-0.1, -0.05) is 36.8 Å². The van der Waals surface area contributed by atoms with Gasteiger partial charge in [-0.15, -0.1) is 0 Å². The summed E-state index contributed by atoms with van der Waals surface area (Å²) in [6, 6.07) is 8.42. The summed E-state index contributed by atoms with van der Waals surface area (Å²) in [5.41, 5.74) is 2.39. The first-order valence-corrected chi connectivity index (χ1v) is 5.79. The van der Waals surface area contributed by atoms with Crippen molar-refractivity contribution in [2.75, 3.05) is 0 Å². The predicted molar refractivity (Wildman–Crippen MR) is 62.0 cm³/mol. The van der Waals surface area contributed by atoms with Gasteiger partial charge in [0.2, 0.25) is 0 Å². The van der Waals surface area contributed by atoms with Crippen LogP contribution in [-0.4, -0.2) is 5.78 Å². The fraction of sp³-hybridized carbons (Fsp3) is 0.500. The van der Waals surface area contributed by atoms with Crippen molar-refractivity contribution >= 4 is 5.78 Å². The first kappa shape index (κ1) is 10.4. The van der Waals surface area contributed by atoms with Gasteiger partial charge in [-0.05, 0) is 31.7 Å². The van der Waals surface area contributed by atoms with E-state index in [1.807, 2.05) is 0 Å². The van der Waals surface area contributed by atoms with E-state index in [9.17, 15) is 4.79 Å². The standard InChI is InChI=1S/C14H18O/c1-3-5-13(15)14(8-9-14)12-7-4-6-11(2)10-12/h4,6-7,10H,3,5,8-9H2,1-2H3. The third kappa shape index (κ3) is 1.83. The average Bonchev–Trinajstić information content (AvgIpc) is 2.99. The highest BCUT2D eigenvalue weighted by Crippen LogP contribution is 2.49. The van der Waals surface area contributed by atoms with E-state index in [1.54, 1.807) is 0 Å². The molecule has 0 heterocycles. The Labute approximate surface area is 91.5 Å². The molecule has 1 saturated carbocycles. The number of Topliss-reactive ketones (excluding diaryl/α,β-unsaturated/α-hetero) is 1. The van der Waals surface area contributed by atoms with Crippen LogP contribution in [0.1, 0.15) is 43.7 Å². The summed E-state index contributed by atoms with van der Waals surface area (Å²) < 4.78 is 0. The van der Waals surface area contributed by atoms with Crippen LogP contribution in [0.15, 0.2) is 24.3 Å². The molecule has 1 aromatic carbocycles. The maximum atomic E-state index is 12.0. The second-order valence-electron chi connectivity index (χ2n) is 4.62. The minimum atomic E-state index is -0.0952. The van der Waals surface area contributed by atoms with Crippen LogP contribution in [0.2, 0.25) is 0 Å². The van der Waals surface area contributed by atoms with E-state index in [0.29, 0.717) is 5.78 Å². The number of benzene rings is 1. The monoisotopic (exact) mass is 202 g/mol. The van der Waals surface area contributed by atoms with E-state index in [4.69, 9.17) is 0 Å². The van der Waals surface area contributed by atoms with Gasteiger partial charge in [-0.2, -0.15) is 0 Å². The van der Waals surface area contributed by atoms with E-state index < -0.39 is 0 Å². The molecule has 0 bridgehead atoms. The van der Waals surface area contributed by atoms with Gasteiger partial charge in [0.1, 0.15) is 5.78 Å². The zero-order valence-corrected chi connectivity index (χ0v) is 9.55. The number of hydrogen-bond acceptors (Lipinski definition) is 1. The Morgan fingerprint density at radius 1 is 1.40 bits per heavy atom. The number of ketones is 1. The van der Waals surface area contributed by atoms with Gasteiger partial charge < -0.3 is 0 Å². The minimum absolute atomic E-state index is 0.0952. The molecule has 0 unspecified atom stereocenters. The fourth-order valence-electron chi connectivity index (χ4n) is 2.26. The first-order chi connectivity index (χ1) is 7.19. The van der Waals surface area contributed by atoms with Crippen molar-refractivity contribution in [2.45, 2.75) is 44.9 Å². The Hall–Kier alpha value is -1.11. The number of rotatable bonds is 4. The molecule has 0 N–H and O–H groups in total. The van der Waals surface area contributed by atoms with E-state index in [-0.39, 0.29) is 5.41 Å². The largest absolute Gasteiger partial charge is 0.299 e. The van der Waals surface area contributed by atoms with Gasteiger partial charge in [0.25, 0.3) is 0 Å². The second kappa shape index (κ2) is 3.80. The van der Waals surface area contributed by atoms with Crippen molar-refractivity contribution in [3.8, 4) is 0 Å². The molecule has 1 nitrogen and oxygen atoms in total. The zero-order chi connectivity index (χ0) is 10.9. The topological polar surface area (TPSA) is 17.1 Å². The lowest BCUT2D eigenvalue weighted by atomic mass is 9.88. The average molecular weight is 202 g/mol. The maximum absolute atomic E-state index is 12.0. The Morgan fingerprint density at radius 3 is 2.67 bits per heavy atom. The molecule has 0 atom stereocenters. The van der Waals surface area contributed by atoms with Crippen LogP contribution < -0.4 is 0 Å². The van der Waals surface area contributed by atoms with E-state index >= 15 is 0 Å². The molecular formula is C14H18O. The number of aryl methyl sites for hydroxylation is 1. The quantitative estimate of drug-likeness (QED) is 0.731. The predicted octanol–water partition coefficient (Wildman–Crippen LogP) is 3.40. The molecule has 0 radical (unpaired) electrons. The summed E-state index contributed by atoms with van der Waals surface area (Å²) in [7, 11) is 0. The Morgan fingerprint density at radius 2 is 2.13 bits per heavy atom. The molecule has 1 aromatic rings. The smallest absolute Gasteiger partial charge is 0.143 e. The normalized spacial score (nSPS) is 17.5. The summed E-state index contributed by atoms with van der Waals surface area (Å²) in [6.07, 6.45) is 3.80. The van der Waals surface area contributed by atoms with Crippen LogP contribution in [-0.2, 0) is 10.2 Å². The van der Waals surface area contributed by atoms with Crippen molar-refractivity contribution in [3.63, 3.8) is 0 Å². The molecule has 0 aliphatic heterocycles. The van der Waals surface area contributed by atoms with Crippen LogP contribution in [0.5, 0.6) is 0 Å². The van der Waals surface area contributed by atoms with Crippen molar-refractivity contribution in [1.82, 2.24) is 0 Å². The Balaban J connectivity index is 2.26. The van der Waals surface area contributed by atoms with Crippen molar-refractivity contribution in [3.05, 3.63) is 35.4 Å². The molecule has 1 aliphatic rings. The summed E-state index contributed by atoms with van der Waals surface area (Å²) >= 11 is 0. The highest BCUT2D eigenvalue weighted by Gasteiger charge is 2.49. The van der Waals surface area contributed by atoms with Gasteiger partial charge >= 0.3 is 0 Å². The van der Waals surface area contributed by atoms with E-state index in [1.165, 1.54) is 11.1 Å². The number of carbonyl (C=O) groups excluding carboxylic acids is 1. The second-order valence-corrected chi connectivity index (χ2v) is 4.62. The molecule has 1 fully saturated rings.